The Morgan fingerprint density at radius 1 is 1.27 bits per heavy atom. The van der Waals surface area contributed by atoms with Gasteiger partial charge in [-0.1, -0.05) is 13.8 Å². The molecule has 1 N–H and O–H groups in total. The maximum atomic E-state index is 10.4. The van der Waals surface area contributed by atoms with Gasteiger partial charge in [0.15, 0.2) is 0 Å². The lowest BCUT2D eigenvalue weighted by Crippen LogP contribution is -2.40. The maximum absolute atomic E-state index is 10.4. The zero-order valence-electron chi connectivity index (χ0n) is 7.56. The van der Waals surface area contributed by atoms with Crippen LogP contribution in [0.15, 0.2) is 0 Å². The van der Waals surface area contributed by atoms with Crippen molar-refractivity contribution in [3.05, 3.63) is 0 Å². The summed E-state index contributed by atoms with van der Waals surface area (Å²) < 4.78 is 0. The summed E-state index contributed by atoms with van der Waals surface area (Å²) in [7, 11) is 0. The van der Waals surface area contributed by atoms with Crippen molar-refractivity contribution in [3.8, 4) is 0 Å². The quantitative estimate of drug-likeness (QED) is 0.568. The summed E-state index contributed by atoms with van der Waals surface area (Å²) in [6.07, 6.45) is 5.99. The summed E-state index contributed by atoms with van der Waals surface area (Å²) in [4.78, 5) is 0. The van der Waals surface area contributed by atoms with Gasteiger partial charge < -0.3 is 5.11 Å². The highest BCUT2D eigenvalue weighted by Gasteiger charge is 2.57. The molecule has 0 saturated heterocycles. The smallest absolute Gasteiger partial charge is 0.0726 e. The molecular formula is C10H18O. The number of hydrogen-bond donors (Lipinski definition) is 1. The third-order valence-corrected chi connectivity index (χ3v) is 4.28. The first-order chi connectivity index (χ1) is 5.08. The zero-order chi connectivity index (χ0) is 8.11. The van der Waals surface area contributed by atoms with Crippen LogP contribution in [0.4, 0.5) is 0 Å². The molecule has 0 amide bonds. The first kappa shape index (κ1) is 7.60. The molecule has 0 spiro atoms. The molecule has 2 saturated carbocycles. The van der Waals surface area contributed by atoms with Crippen LogP contribution >= 0.6 is 0 Å². The molecule has 11 heavy (non-hydrogen) atoms. The molecule has 3 atom stereocenters. The Kier molecular flexibility index (Phi) is 1.39. The molecule has 0 unspecified atom stereocenters. The molecule has 0 aromatic rings. The molecule has 2 rings (SSSR count). The monoisotopic (exact) mass is 154 g/mol. The van der Waals surface area contributed by atoms with E-state index in [1.165, 1.54) is 25.7 Å². The molecule has 0 aliphatic heterocycles. The lowest BCUT2D eigenvalue weighted by Gasteiger charge is -2.35. The van der Waals surface area contributed by atoms with Gasteiger partial charge in [-0.25, -0.2) is 0 Å². The van der Waals surface area contributed by atoms with E-state index in [9.17, 15) is 5.11 Å². The second kappa shape index (κ2) is 2.01. The van der Waals surface area contributed by atoms with Gasteiger partial charge in [-0.2, -0.15) is 0 Å². The largest absolute Gasteiger partial charge is 0.389 e. The molecule has 2 fully saturated rings. The molecule has 0 radical (unpaired) electrons. The molecule has 64 valence electrons. The van der Waals surface area contributed by atoms with Crippen molar-refractivity contribution >= 4 is 0 Å². The molecule has 2 aliphatic rings. The standard InChI is InChI=1S/C10H18O/c1-8-4-7-9(2)5-3-6-10(8,9)11/h8,11H,3-7H2,1-2H3/t8-,9+,10+/m1/s1. The van der Waals surface area contributed by atoms with Gasteiger partial charge in [0.2, 0.25) is 0 Å². The van der Waals surface area contributed by atoms with E-state index in [0.717, 1.165) is 6.42 Å². The Morgan fingerprint density at radius 2 is 2.00 bits per heavy atom. The third kappa shape index (κ3) is 0.752. The van der Waals surface area contributed by atoms with Crippen molar-refractivity contribution < 1.29 is 5.11 Å². The SMILES string of the molecule is C[C@@H]1CC[C@]2(C)CCC[C@]12O. The highest BCUT2D eigenvalue weighted by Crippen LogP contribution is 2.59. The minimum atomic E-state index is -0.299. The molecule has 0 heterocycles. The van der Waals surface area contributed by atoms with Crippen LogP contribution < -0.4 is 0 Å². The first-order valence-electron chi connectivity index (χ1n) is 4.81. The van der Waals surface area contributed by atoms with Gasteiger partial charge in [0.05, 0.1) is 5.60 Å². The van der Waals surface area contributed by atoms with Crippen LogP contribution in [-0.4, -0.2) is 10.7 Å². The summed E-state index contributed by atoms with van der Waals surface area (Å²) in [5, 5.41) is 10.4. The van der Waals surface area contributed by atoms with E-state index in [1.807, 2.05) is 0 Å². The molecular weight excluding hydrogens is 136 g/mol. The molecule has 1 nitrogen and oxygen atoms in total. The minimum absolute atomic E-state index is 0.270. The molecule has 0 aromatic carbocycles. The third-order valence-electron chi connectivity index (χ3n) is 4.28. The molecule has 0 bridgehead atoms. The fraction of sp³-hybridized carbons (Fsp3) is 1.00. The van der Waals surface area contributed by atoms with Gasteiger partial charge in [-0.15, -0.1) is 0 Å². The lowest BCUT2D eigenvalue weighted by molar-refractivity contribution is -0.0560. The summed E-state index contributed by atoms with van der Waals surface area (Å²) in [6.45, 7) is 4.47. The molecule has 1 heteroatoms. The molecule has 0 aromatic heterocycles. The van der Waals surface area contributed by atoms with Crippen molar-refractivity contribution in [2.45, 2.75) is 51.6 Å². The number of aliphatic hydroxyl groups is 1. The summed E-state index contributed by atoms with van der Waals surface area (Å²) in [5.74, 6) is 0.537. The van der Waals surface area contributed by atoms with Crippen LogP contribution in [0.5, 0.6) is 0 Å². The van der Waals surface area contributed by atoms with Crippen LogP contribution in [-0.2, 0) is 0 Å². The van der Waals surface area contributed by atoms with Gasteiger partial charge in [0.1, 0.15) is 0 Å². The Labute approximate surface area is 68.8 Å². The Balaban J connectivity index is 2.33. The van der Waals surface area contributed by atoms with Crippen molar-refractivity contribution in [2.75, 3.05) is 0 Å². The normalized spacial score (nSPS) is 56.5. The van der Waals surface area contributed by atoms with E-state index in [2.05, 4.69) is 13.8 Å². The Bertz CT molecular complexity index is 178. The van der Waals surface area contributed by atoms with Crippen molar-refractivity contribution in [1.82, 2.24) is 0 Å². The van der Waals surface area contributed by atoms with Crippen LogP contribution in [0.2, 0.25) is 0 Å². The van der Waals surface area contributed by atoms with E-state index in [-0.39, 0.29) is 11.0 Å². The van der Waals surface area contributed by atoms with Crippen LogP contribution in [0, 0.1) is 11.3 Å². The van der Waals surface area contributed by atoms with E-state index in [4.69, 9.17) is 0 Å². The van der Waals surface area contributed by atoms with E-state index in [0.29, 0.717) is 5.92 Å². The highest BCUT2D eigenvalue weighted by molar-refractivity contribution is 5.08. The van der Waals surface area contributed by atoms with Crippen LogP contribution in [0.1, 0.15) is 46.0 Å². The number of rotatable bonds is 0. The zero-order valence-corrected chi connectivity index (χ0v) is 7.56. The van der Waals surface area contributed by atoms with E-state index < -0.39 is 0 Å². The van der Waals surface area contributed by atoms with Crippen LogP contribution in [0.25, 0.3) is 0 Å². The van der Waals surface area contributed by atoms with Gasteiger partial charge in [-0.05, 0) is 43.4 Å². The average molecular weight is 154 g/mol. The summed E-state index contributed by atoms with van der Waals surface area (Å²) in [6, 6.07) is 0. The van der Waals surface area contributed by atoms with E-state index in [1.54, 1.807) is 0 Å². The fourth-order valence-electron chi connectivity index (χ4n) is 3.22. The topological polar surface area (TPSA) is 20.2 Å². The van der Waals surface area contributed by atoms with Gasteiger partial charge in [0, 0.05) is 0 Å². The lowest BCUT2D eigenvalue weighted by atomic mass is 9.76. The summed E-state index contributed by atoms with van der Waals surface area (Å²) >= 11 is 0. The second-order valence-electron chi connectivity index (χ2n) is 4.78. The van der Waals surface area contributed by atoms with E-state index >= 15 is 0 Å². The fourth-order valence-corrected chi connectivity index (χ4v) is 3.22. The van der Waals surface area contributed by atoms with Crippen LogP contribution in [0.3, 0.4) is 0 Å². The Morgan fingerprint density at radius 3 is 2.64 bits per heavy atom. The van der Waals surface area contributed by atoms with Crippen molar-refractivity contribution in [1.29, 1.82) is 0 Å². The van der Waals surface area contributed by atoms with Crippen molar-refractivity contribution in [2.24, 2.45) is 11.3 Å². The second-order valence-corrected chi connectivity index (χ2v) is 4.78. The minimum Gasteiger partial charge on any atom is -0.389 e. The van der Waals surface area contributed by atoms with Crippen molar-refractivity contribution in [3.63, 3.8) is 0 Å². The first-order valence-corrected chi connectivity index (χ1v) is 4.81. The maximum Gasteiger partial charge on any atom is 0.0726 e. The predicted molar refractivity (Wildman–Crippen MR) is 45.3 cm³/mol. The van der Waals surface area contributed by atoms with Gasteiger partial charge in [0.25, 0.3) is 0 Å². The number of fused-ring (bicyclic) bond motifs is 1. The van der Waals surface area contributed by atoms with Gasteiger partial charge in [-0.3, -0.25) is 0 Å². The summed E-state index contributed by atoms with van der Waals surface area (Å²) in [5.41, 5.74) is -0.0284. The Hall–Kier alpha value is -0.0400. The molecule has 2 aliphatic carbocycles. The highest BCUT2D eigenvalue weighted by atomic mass is 16.3. The number of hydrogen-bond acceptors (Lipinski definition) is 1. The average Bonchev–Trinajstić information content (AvgIpc) is 2.34. The van der Waals surface area contributed by atoms with Gasteiger partial charge >= 0.3 is 0 Å². The predicted octanol–water partition coefficient (Wildman–Crippen LogP) is 2.34.